The lowest BCUT2D eigenvalue weighted by Gasteiger charge is -2.05. The molecule has 0 fully saturated rings. The molecule has 0 aliphatic heterocycles. The number of nitrogen functional groups attached to an aromatic ring is 1. The maximum Gasteiger partial charge on any atom is 0.165 e. The summed E-state index contributed by atoms with van der Waals surface area (Å²) < 4.78 is 0. The highest BCUT2D eigenvalue weighted by Crippen LogP contribution is 2.13. The molecule has 0 unspecified atom stereocenters. The van der Waals surface area contributed by atoms with Crippen LogP contribution in [0.1, 0.15) is 10.6 Å². The minimum Gasteiger partial charge on any atom is -0.396 e. The SMILES string of the molecule is N#Cc1nc(NCCc2cccs2)ccc1N. The van der Waals surface area contributed by atoms with Crippen LogP contribution in [0, 0.1) is 11.3 Å². The van der Waals surface area contributed by atoms with E-state index in [1.54, 1.807) is 23.5 Å². The van der Waals surface area contributed by atoms with Gasteiger partial charge in [-0.1, -0.05) is 6.07 Å². The molecule has 0 atom stereocenters. The maximum atomic E-state index is 8.80. The topological polar surface area (TPSA) is 74.7 Å². The Morgan fingerprint density at radius 1 is 1.41 bits per heavy atom. The van der Waals surface area contributed by atoms with Crippen molar-refractivity contribution in [2.45, 2.75) is 6.42 Å². The maximum absolute atomic E-state index is 8.80. The Labute approximate surface area is 104 Å². The molecule has 0 aromatic carbocycles. The first-order chi connectivity index (χ1) is 8.29. The molecule has 2 heterocycles. The van der Waals surface area contributed by atoms with Gasteiger partial charge in [0, 0.05) is 11.4 Å². The van der Waals surface area contributed by atoms with Crippen molar-refractivity contribution in [3.8, 4) is 6.07 Å². The highest BCUT2D eigenvalue weighted by molar-refractivity contribution is 7.09. The largest absolute Gasteiger partial charge is 0.396 e. The second-order valence-electron chi connectivity index (χ2n) is 3.50. The zero-order valence-electron chi connectivity index (χ0n) is 9.18. The van der Waals surface area contributed by atoms with Gasteiger partial charge in [0.05, 0.1) is 5.69 Å². The Morgan fingerprint density at radius 2 is 2.29 bits per heavy atom. The third-order valence-corrected chi connectivity index (χ3v) is 3.23. The molecule has 3 N–H and O–H groups in total. The van der Waals surface area contributed by atoms with E-state index in [0.29, 0.717) is 11.5 Å². The molecule has 0 bridgehead atoms. The molecule has 0 radical (unpaired) electrons. The fraction of sp³-hybridized carbons (Fsp3) is 0.167. The van der Waals surface area contributed by atoms with Crippen LogP contribution in [0.2, 0.25) is 0 Å². The standard InChI is InChI=1S/C12H12N4S/c13-8-11-10(14)3-4-12(16-11)15-6-5-9-2-1-7-17-9/h1-4,7H,5-6,14H2,(H,15,16). The van der Waals surface area contributed by atoms with Gasteiger partial charge in [0.2, 0.25) is 0 Å². The first kappa shape index (κ1) is 11.4. The molecule has 4 nitrogen and oxygen atoms in total. The zero-order chi connectivity index (χ0) is 12.1. The summed E-state index contributed by atoms with van der Waals surface area (Å²) in [5, 5.41) is 14.0. The number of thiophene rings is 1. The molecule has 2 aromatic heterocycles. The first-order valence-corrected chi connectivity index (χ1v) is 6.10. The first-order valence-electron chi connectivity index (χ1n) is 5.22. The van der Waals surface area contributed by atoms with E-state index in [1.807, 2.05) is 12.1 Å². The van der Waals surface area contributed by atoms with Crippen LogP contribution in [0.5, 0.6) is 0 Å². The van der Waals surface area contributed by atoms with Crippen molar-refractivity contribution < 1.29 is 0 Å². The van der Waals surface area contributed by atoms with Crippen LogP contribution in [0.4, 0.5) is 11.5 Å². The van der Waals surface area contributed by atoms with Gasteiger partial charge >= 0.3 is 0 Å². The second kappa shape index (κ2) is 5.32. The molecule has 0 aliphatic carbocycles. The Hall–Kier alpha value is -2.06. The van der Waals surface area contributed by atoms with Gasteiger partial charge in [-0.05, 0) is 30.0 Å². The minimum atomic E-state index is 0.270. The van der Waals surface area contributed by atoms with E-state index in [-0.39, 0.29) is 5.69 Å². The Balaban J connectivity index is 1.93. The number of hydrogen-bond acceptors (Lipinski definition) is 5. The molecule has 5 heteroatoms. The number of rotatable bonds is 4. The fourth-order valence-corrected chi connectivity index (χ4v) is 2.14. The third kappa shape index (κ3) is 2.95. The van der Waals surface area contributed by atoms with Crippen LogP contribution in [-0.4, -0.2) is 11.5 Å². The van der Waals surface area contributed by atoms with Gasteiger partial charge in [-0.25, -0.2) is 4.98 Å². The fourth-order valence-electron chi connectivity index (χ4n) is 1.43. The molecule has 86 valence electrons. The van der Waals surface area contributed by atoms with Crippen LogP contribution in [0.25, 0.3) is 0 Å². The van der Waals surface area contributed by atoms with Crippen molar-refractivity contribution in [1.82, 2.24) is 4.98 Å². The molecule has 2 aromatic rings. The van der Waals surface area contributed by atoms with E-state index in [0.717, 1.165) is 13.0 Å². The minimum absolute atomic E-state index is 0.270. The number of nitriles is 1. The monoisotopic (exact) mass is 244 g/mol. The number of nitrogens with two attached hydrogens (primary N) is 1. The number of pyridine rings is 1. The number of nitrogens with one attached hydrogen (secondary N) is 1. The quantitative estimate of drug-likeness (QED) is 0.865. The number of anilines is 2. The van der Waals surface area contributed by atoms with Crippen molar-refractivity contribution >= 4 is 22.8 Å². The molecular formula is C12H12N4S. The van der Waals surface area contributed by atoms with Gasteiger partial charge in [-0.2, -0.15) is 5.26 Å². The average Bonchev–Trinajstić information content (AvgIpc) is 2.84. The summed E-state index contributed by atoms with van der Waals surface area (Å²) in [6.45, 7) is 0.794. The van der Waals surface area contributed by atoms with Crippen molar-refractivity contribution in [2.75, 3.05) is 17.6 Å². The molecule has 0 saturated heterocycles. The summed E-state index contributed by atoms with van der Waals surface area (Å²) in [6, 6.07) is 9.58. The summed E-state index contributed by atoms with van der Waals surface area (Å²) in [5.41, 5.74) is 6.28. The molecule has 0 spiro atoms. The summed E-state index contributed by atoms with van der Waals surface area (Å²) >= 11 is 1.74. The second-order valence-corrected chi connectivity index (χ2v) is 4.53. The van der Waals surface area contributed by atoms with E-state index in [9.17, 15) is 0 Å². The van der Waals surface area contributed by atoms with Crippen molar-refractivity contribution in [2.24, 2.45) is 0 Å². The van der Waals surface area contributed by atoms with Gasteiger partial charge in [0.15, 0.2) is 5.69 Å². The molecule has 0 saturated carbocycles. The Morgan fingerprint density at radius 3 is 3.00 bits per heavy atom. The Kier molecular flexibility index (Phi) is 3.58. The highest BCUT2D eigenvalue weighted by Gasteiger charge is 2.01. The Bertz CT molecular complexity index is 528. The predicted molar refractivity (Wildman–Crippen MR) is 69.9 cm³/mol. The average molecular weight is 244 g/mol. The van der Waals surface area contributed by atoms with Crippen molar-refractivity contribution in [1.29, 1.82) is 5.26 Å². The lowest BCUT2D eigenvalue weighted by Crippen LogP contribution is -2.06. The van der Waals surface area contributed by atoms with Crippen LogP contribution >= 0.6 is 11.3 Å². The van der Waals surface area contributed by atoms with Crippen LogP contribution in [-0.2, 0) is 6.42 Å². The third-order valence-electron chi connectivity index (χ3n) is 2.29. The predicted octanol–water partition coefficient (Wildman–Crippen LogP) is 2.25. The van der Waals surface area contributed by atoms with E-state index < -0.39 is 0 Å². The smallest absolute Gasteiger partial charge is 0.165 e. The number of aromatic nitrogens is 1. The normalized spacial score (nSPS) is 9.82. The summed E-state index contributed by atoms with van der Waals surface area (Å²) in [6.07, 6.45) is 0.950. The van der Waals surface area contributed by atoms with Crippen LogP contribution < -0.4 is 11.1 Å². The van der Waals surface area contributed by atoms with Crippen LogP contribution in [0.15, 0.2) is 29.6 Å². The van der Waals surface area contributed by atoms with Gasteiger partial charge in [-0.15, -0.1) is 11.3 Å². The molecule has 0 aliphatic rings. The van der Waals surface area contributed by atoms with E-state index in [2.05, 4.69) is 21.7 Å². The van der Waals surface area contributed by atoms with Gasteiger partial charge in [-0.3, -0.25) is 0 Å². The van der Waals surface area contributed by atoms with Gasteiger partial charge in [0.1, 0.15) is 11.9 Å². The van der Waals surface area contributed by atoms with Gasteiger partial charge < -0.3 is 11.1 Å². The van der Waals surface area contributed by atoms with E-state index in [4.69, 9.17) is 11.0 Å². The van der Waals surface area contributed by atoms with Crippen molar-refractivity contribution in [3.05, 3.63) is 40.2 Å². The number of hydrogen-bond donors (Lipinski definition) is 2. The van der Waals surface area contributed by atoms with E-state index >= 15 is 0 Å². The van der Waals surface area contributed by atoms with Crippen molar-refractivity contribution in [3.63, 3.8) is 0 Å². The summed E-state index contributed by atoms with van der Waals surface area (Å²) in [7, 11) is 0. The molecule has 17 heavy (non-hydrogen) atoms. The molecule has 0 amide bonds. The van der Waals surface area contributed by atoms with Gasteiger partial charge in [0.25, 0.3) is 0 Å². The number of nitrogens with zero attached hydrogens (tertiary/aromatic N) is 2. The molecule has 2 rings (SSSR count). The van der Waals surface area contributed by atoms with E-state index in [1.165, 1.54) is 4.88 Å². The lowest BCUT2D eigenvalue weighted by atomic mass is 10.3. The summed E-state index contributed by atoms with van der Waals surface area (Å²) in [4.78, 5) is 5.44. The summed E-state index contributed by atoms with van der Waals surface area (Å²) in [5.74, 6) is 0.687. The molecular weight excluding hydrogens is 232 g/mol. The zero-order valence-corrected chi connectivity index (χ0v) is 10.00. The lowest BCUT2D eigenvalue weighted by molar-refractivity contribution is 1.03. The van der Waals surface area contributed by atoms with Crippen LogP contribution in [0.3, 0.4) is 0 Å². The highest BCUT2D eigenvalue weighted by atomic mass is 32.1.